The van der Waals surface area contributed by atoms with E-state index in [2.05, 4.69) is 0 Å². The summed E-state index contributed by atoms with van der Waals surface area (Å²) >= 11 is 0. The average Bonchev–Trinajstić information content (AvgIpc) is 2.52. The van der Waals surface area contributed by atoms with Gasteiger partial charge in [-0.05, 0) is 30.5 Å². The maximum atomic E-state index is 11.5. The second-order valence-corrected chi connectivity index (χ2v) is 5.50. The van der Waals surface area contributed by atoms with Gasteiger partial charge in [-0.15, -0.1) is 0 Å². The van der Waals surface area contributed by atoms with Crippen LogP contribution >= 0.6 is 0 Å². The molecular weight excluding hydrogens is 282 g/mol. The molecule has 0 heterocycles. The lowest BCUT2D eigenvalue weighted by atomic mass is 9.84. The highest BCUT2D eigenvalue weighted by molar-refractivity contribution is 5.70. The molecule has 0 amide bonds. The van der Waals surface area contributed by atoms with Crippen molar-refractivity contribution in [1.29, 1.82) is 0 Å². The lowest BCUT2D eigenvalue weighted by Gasteiger charge is -2.26. The molecule has 5 heteroatoms. The molecule has 5 nitrogen and oxygen atoms in total. The van der Waals surface area contributed by atoms with Gasteiger partial charge in [-0.25, -0.2) is 0 Å². The van der Waals surface area contributed by atoms with Gasteiger partial charge in [0, 0.05) is 12.0 Å². The van der Waals surface area contributed by atoms with Gasteiger partial charge in [0.1, 0.15) is 5.75 Å². The molecule has 0 aliphatic carbocycles. The van der Waals surface area contributed by atoms with E-state index in [1.165, 1.54) is 7.11 Å². The number of aliphatic hydroxyl groups is 1. The molecule has 1 aromatic rings. The summed E-state index contributed by atoms with van der Waals surface area (Å²) in [7, 11) is 2.96. The zero-order valence-corrected chi connectivity index (χ0v) is 13.6. The molecule has 0 aromatic heterocycles. The van der Waals surface area contributed by atoms with E-state index < -0.39 is 12.1 Å². The van der Waals surface area contributed by atoms with Crippen LogP contribution in [0.15, 0.2) is 24.3 Å². The lowest BCUT2D eigenvalue weighted by molar-refractivity contribution is -0.141. The van der Waals surface area contributed by atoms with Crippen LogP contribution in [0.4, 0.5) is 0 Å². The Morgan fingerprint density at radius 2 is 1.91 bits per heavy atom. The Bertz CT molecular complexity index is 446. The summed E-state index contributed by atoms with van der Waals surface area (Å²) < 4.78 is 9.85. The second kappa shape index (κ2) is 9.43. The molecule has 0 spiro atoms. The van der Waals surface area contributed by atoms with Crippen molar-refractivity contribution in [3.8, 4) is 5.75 Å². The third-order valence-corrected chi connectivity index (χ3v) is 3.84. The SMILES string of the molecule is CCC[C@H](O)C[C@H](c1ccc(OC)cc1)[C@@H](N)CC(=O)OC. The van der Waals surface area contributed by atoms with Gasteiger partial charge in [-0.1, -0.05) is 25.5 Å². The van der Waals surface area contributed by atoms with Crippen LogP contribution in [0.1, 0.15) is 44.1 Å². The second-order valence-electron chi connectivity index (χ2n) is 5.50. The Morgan fingerprint density at radius 1 is 1.27 bits per heavy atom. The molecule has 1 aromatic carbocycles. The number of carbonyl (C=O) groups is 1. The molecule has 0 saturated heterocycles. The van der Waals surface area contributed by atoms with E-state index in [1.807, 2.05) is 31.2 Å². The first kappa shape index (κ1) is 18.5. The summed E-state index contributed by atoms with van der Waals surface area (Å²) in [6, 6.07) is 7.18. The summed E-state index contributed by atoms with van der Waals surface area (Å²) in [6.07, 6.45) is 1.85. The summed E-state index contributed by atoms with van der Waals surface area (Å²) in [5.74, 6) is 0.320. The molecular formula is C17H27NO4. The topological polar surface area (TPSA) is 81.8 Å². The number of hydrogen-bond acceptors (Lipinski definition) is 5. The number of carbonyl (C=O) groups excluding carboxylic acids is 1. The minimum absolute atomic E-state index is 0.105. The van der Waals surface area contributed by atoms with Crippen LogP contribution < -0.4 is 10.5 Å². The monoisotopic (exact) mass is 309 g/mol. The number of methoxy groups -OCH3 is 2. The first-order chi connectivity index (χ1) is 10.5. The van der Waals surface area contributed by atoms with Crippen LogP contribution in [0.2, 0.25) is 0 Å². The van der Waals surface area contributed by atoms with Gasteiger partial charge in [-0.2, -0.15) is 0 Å². The molecule has 0 bridgehead atoms. The highest BCUT2D eigenvalue weighted by Crippen LogP contribution is 2.28. The molecule has 1 rings (SSSR count). The zero-order chi connectivity index (χ0) is 16.5. The van der Waals surface area contributed by atoms with Crippen LogP contribution in [0.3, 0.4) is 0 Å². The zero-order valence-electron chi connectivity index (χ0n) is 13.6. The molecule has 22 heavy (non-hydrogen) atoms. The number of esters is 1. The van der Waals surface area contributed by atoms with Crippen molar-refractivity contribution in [1.82, 2.24) is 0 Å². The van der Waals surface area contributed by atoms with E-state index in [1.54, 1.807) is 7.11 Å². The van der Waals surface area contributed by atoms with Gasteiger partial charge in [0.15, 0.2) is 0 Å². The van der Waals surface area contributed by atoms with Crippen molar-refractivity contribution in [2.45, 2.75) is 50.7 Å². The lowest BCUT2D eigenvalue weighted by Crippen LogP contribution is -2.33. The van der Waals surface area contributed by atoms with Crippen LogP contribution in [0.5, 0.6) is 5.75 Å². The number of hydrogen-bond donors (Lipinski definition) is 2. The van der Waals surface area contributed by atoms with E-state index in [0.717, 1.165) is 24.2 Å². The first-order valence-corrected chi connectivity index (χ1v) is 7.66. The Labute approximate surface area is 132 Å². The minimum atomic E-state index is -0.430. The average molecular weight is 309 g/mol. The highest BCUT2D eigenvalue weighted by Gasteiger charge is 2.25. The van der Waals surface area contributed by atoms with E-state index in [0.29, 0.717) is 6.42 Å². The van der Waals surface area contributed by atoms with Crippen molar-refractivity contribution in [3.63, 3.8) is 0 Å². The molecule has 0 unspecified atom stereocenters. The third-order valence-electron chi connectivity index (χ3n) is 3.84. The smallest absolute Gasteiger partial charge is 0.307 e. The largest absolute Gasteiger partial charge is 0.497 e. The molecule has 0 aliphatic rings. The van der Waals surface area contributed by atoms with Crippen molar-refractivity contribution in [2.75, 3.05) is 14.2 Å². The molecule has 3 N–H and O–H groups in total. The summed E-state index contributed by atoms with van der Waals surface area (Å²) in [6.45, 7) is 2.03. The number of nitrogens with two attached hydrogens (primary N) is 1. The van der Waals surface area contributed by atoms with Crippen molar-refractivity contribution in [3.05, 3.63) is 29.8 Å². The molecule has 0 fully saturated rings. The third kappa shape index (κ3) is 5.66. The van der Waals surface area contributed by atoms with E-state index >= 15 is 0 Å². The summed E-state index contributed by atoms with van der Waals surface area (Å²) in [5.41, 5.74) is 7.19. The van der Waals surface area contributed by atoms with Gasteiger partial charge in [0.05, 0.1) is 26.7 Å². The van der Waals surface area contributed by atoms with Gasteiger partial charge >= 0.3 is 5.97 Å². The van der Waals surface area contributed by atoms with Crippen molar-refractivity contribution < 1.29 is 19.4 Å². The predicted molar refractivity (Wildman–Crippen MR) is 85.9 cm³/mol. The van der Waals surface area contributed by atoms with Crippen LogP contribution in [-0.4, -0.2) is 37.4 Å². The number of rotatable bonds is 9. The summed E-state index contributed by atoms with van der Waals surface area (Å²) in [5, 5.41) is 10.1. The van der Waals surface area contributed by atoms with E-state index in [4.69, 9.17) is 15.2 Å². The minimum Gasteiger partial charge on any atom is -0.497 e. The van der Waals surface area contributed by atoms with Gasteiger partial charge in [0.2, 0.25) is 0 Å². The fourth-order valence-corrected chi connectivity index (χ4v) is 2.57. The van der Waals surface area contributed by atoms with Crippen LogP contribution in [0.25, 0.3) is 0 Å². The summed E-state index contributed by atoms with van der Waals surface area (Å²) in [4.78, 5) is 11.5. The molecule has 0 radical (unpaired) electrons. The standard InChI is InChI=1S/C17H27NO4/c1-4-5-13(19)10-15(16(18)11-17(20)22-3)12-6-8-14(21-2)9-7-12/h6-9,13,15-16,19H,4-5,10-11,18H2,1-3H3/t13-,15+,16-/m0/s1. The van der Waals surface area contributed by atoms with Crippen LogP contribution in [-0.2, 0) is 9.53 Å². The fraction of sp³-hybridized carbons (Fsp3) is 0.588. The highest BCUT2D eigenvalue weighted by atomic mass is 16.5. The van der Waals surface area contributed by atoms with E-state index in [-0.39, 0.29) is 18.3 Å². The Morgan fingerprint density at radius 3 is 2.41 bits per heavy atom. The molecule has 0 aliphatic heterocycles. The van der Waals surface area contributed by atoms with Gasteiger partial charge in [-0.3, -0.25) is 4.79 Å². The van der Waals surface area contributed by atoms with Crippen LogP contribution in [0, 0.1) is 0 Å². The van der Waals surface area contributed by atoms with Crippen molar-refractivity contribution >= 4 is 5.97 Å². The molecule has 0 saturated carbocycles. The maximum absolute atomic E-state index is 11.5. The quantitative estimate of drug-likeness (QED) is 0.684. The molecule has 3 atom stereocenters. The predicted octanol–water partition coefficient (Wildman–Crippen LogP) is 2.22. The Balaban J connectivity index is 2.90. The molecule has 124 valence electrons. The fourth-order valence-electron chi connectivity index (χ4n) is 2.57. The van der Waals surface area contributed by atoms with Crippen molar-refractivity contribution in [2.24, 2.45) is 5.73 Å². The first-order valence-electron chi connectivity index (χ1n) is 7.66. The van der Waals surface area contributed by atoms with E-state index in [9.17, 15) is 9.90 Å². The number of aliphatic hydroxyl groups excluding tert-OH is 1. The Hall–Kier alpha value is -1.59. The normalized spacial score (nSPS) is 15.0. The number of ether oxygens (including phenoxy) is 2. The van der Waals surface area contributed by atoms with Gasteiger partial charge in [0.25, 0.3) is 0 Å². The Kier molecular flexibility index (Phi) is 7.91. The van der Waals surface area contributed by atoms with Gasteiger partial charge < -0.3 is 20.3 Å². The number of benzene rings is 1. The maximum Gasteiger partial charge on any atom is 0.307 e.